The number of nitrogens with zero attached hydrogens (tertiary/aromatic N) is 1. The zero-order valence-corrected chi connectivity index (χ0v) is 23.2. The minimum atomic E-state index is -0.812. The quantitative estimate of drug-likeness (QED) is 0.142. The zero-order chi connectivity index (χ0) is 28.2. The summed E-state index contributed by atoms with van der Waals surface area (Å²) in [4.78, 5) is 28.5. The van der Waals surface area contributed by atoms with Gasteiger partial charge >= 0.3 is 0 Å². The molecule has 1 fully saturated rings. The normalized spacial score (nSPS) is 19.4. The molecule has 0 saturated carbocycles. The molecule has 0 aromatic heterocycles. The first kappa shape index (κ1) is 27.3. The van der Waals surface area contributed by atoms with Gasteiger partial charge < -0.3 is 24.2 Å². The number of hydrogen-bond acceptors (Lipinski definition) is 6. The molecule has 0 spiro atoms. The first-order valence-electron chi connectivity index (χ1n) is 13.9. The van der Waals surface area contributed by atoms with E-state index in [4.69, 9.17) is 14.2 Å². The number of unbranched alkanes of at least 4 members (excludes halogenated alkanes) is 1. The van der Waals surface area contributed by atoms with Gasteiger partial charge in [-0.2, -0.15) is 0 Å². The lowest BCUT2D eigenvalue weighted by atomic mass is 9.94. The minimum Gasteiger partial charge on any atom is -0.507 e. The Balaban J connectivity index is 1.61. The molecule has 2 heterocycles. The van der Waals surface area contributed by atoms with Crippen molar-refractivity contribution in [3.05, 3.63) is 94.6 Å². The van der Waals surface area contributed by atoms with Crippen molar-refractivity contribution in [2.24, 2.45) is 0 Å². The number of rotatable bonds is 10. The summed E-state index contributed by atoms with van der Waals surface area (Å²) in [5, 5.41) is 11.6. The van der Waals surface area contributed by atoms with Crippen LogP contribution in [0.1, 0.15) is 61.9 Å². The Hall–Kier alpha value is -4.26. The lowest BCUT2D eigenvalue weighted by Gasteiger charge is -2.26. The summed E-state index contributed by atoms with van der Waals surface area (Å²) in [5.41, 5.74) is 3.01. The maximum atomic E-state index is 13.6. The van der Waals surface area contributed by atoms with Crippen molar-refractivity contribution in [2.45, 2.75) is 58.7 Å². The highest BCUT2D eigenvalue weighted by Crippen LogP contribution is 2.43. The standard InChI is InChI=1S/C33H35NO6/c1-4-6-16-39-27-15-12-23(19-28(27)38-5-2)30-29(31(35)24-13-14-26-25(18-24)17-21(3)40-26)32(36)33(37)34(30)20-22-10-8-7-9-11-22/h7-15,18-19,21,30,35H,4-6,16-17,20H2,1-3H3/t21-,30+/m1/s1. The number of aliphatic hydroxyl groups excluding tert-OH is 1. The van der Waals surface area contributed by atoms with Crippen LogP contribution in [-0.4, -0.2) is 41.0 Å². The molecule has 0 bridgehead atoms. The molecule has 40 heavy (non-hydrogen) atoms. The molecule has 0 radical (unpaired) electrons. The third-order valence-electron chi connectivity index (χ3n) is 7.24. The molecular weight excluding hydrogens is 506 g/mol. The number of fused-ring (bicyclic) bond motifs is 1. The average molecular weight is 542 g/mol. The van der Waals surface area contributed by atoms with E-state index in [0.717, 1.165) is 29.7 Å². The number of carbonyl (C=O) groups excluding carboxylic acids is 2. The lowest BCUT2D eigenvalue weighted by molar-refractivity contribution is -0.140. The van der Waals surface area contributed by atoms with Crippen LogP contribution in [0.4, 0.5) is 0 Å². The average Bonchev–Trinajstić information content (AvgIpc) is 3.45. The van der Waals surface area contributed by atoms with Crippen molar-refractivity contribution in [1.29, 1.82) is 0 Å². The second-order valence-electron chi connectivity index (χ2n) is 10.2. The largest absolute Gasteiger partial charge is 0.507 e. The topological polar surface area (TPSA) is 85.3 Å². The maximum absolute atomic E-state index is 13.6. The van der Waals surface area contributed by atoms with E-state index in [0.29, 0.717) is 42.3 Å². The highest BCUT2D eigenvalue weighted by atomic mass is 16.5. The Bertz CT molecular complexity index is 1430. The first-order chi connectivity index (χ1) is 19.4. The second-order valence-corrected chi connectivity index (χ2v) is 10.2. The van der Waals surface area contributed by atoms with E-state index < -0.39 is 17.7 Å². The molecule has 7 heteroatoms. The van der Waals surface area contributed by atoms with Crippen LogP contribution in [-0.2, 0) is 22.6 Å². The highest BCUT2D eigenvalue weighted by molar-refractivity contribution is 6.46. The highest BCUT2D eigenvalue weighted by Gasteiger charge is 2.46. The van der Waals surface area contributed by atoms with Gasteiger partial charge in [-0.3, -0.25) is 9.59 Å². The molecule has 2 aliphatic rings. The number of ketones is 1. The van der Waals surface area contributed by atoms with E-state index in [1.807, 2.05) is 68.4 Å². The van der Waals surface area contributed by atoms with Crippen molar-refractivity contribution in [2.75, 3.05) is 13.2 Å². The van der Waals surface area contributed by atoms with E-state index in [1.165, 1.54) is 4.90 Å². The predicted molar refractivity (Wildman–Crippen MR) is 153 cm³/mol. The van der Waals surface area contributed by atoms with Gasteiger partial charge in [0.25, 0.3) is 11.7 Å². The molecule has 1 saturated heterocycles. The number of carbonyl (C=O) groups is 2. The van der Waals surface area contributed by atoms with Gasteiger partial charge in [0.1, 0.15) is 17.6 Å². The van der Waals surface area contributed by atoms with E-state index in [-0.39, 0.29) is 24.0 Å². The van der Waals surface area contributed by atoms with Crippen molar-refractivity contribution in [3.63, 3.8) is 0 Å². The third-order valence-corrected chi connectivity index (χ3v) is 7.24. The van der Waals surface area contributed by atoms with Gasteiger partial charge in [0.05, 0.1) is 24.8 Å². The predicted octanol–water partition coefficient (Wildman–Crippen LogP) is 6.21. The summed E-state index contributed by atoms with van der Waals surface area (Å²) in [6, 6.07) is 19.5. The van der Waals surface area contributed by atoms with Gasteiger partial charge in [0.15, 0.2) is 11.5 Å². The van der Waals surface area contributed by atoms with E-state index in [2.05, 4.69) is 6.92 Å². The molecule has 2 atom stereocenters. The van der Waals surface area contributed by atoms with Gasteiger partial charge in [-0.25, -0.2) is 0 Å². The van der Waals surface area contributed by atoms with Crippen LogP contribution in [0.15, 0.2) is 72.3 Å². The molecule has 3 aromatic rings. The summed E-state index contributed by atoms with van der Waals surface area (Å²) in [6.45, 7) is 7.17. The number of benzene rings is 3. The van der Waals surface area contributed by atoms with Gasteiger partial charge in [-0.15, -0.1) is 0 Å². The van der Waals surface area contributed by atoms with E-state index >= 15 is 0 Å². The van der Waals surface area contributed by atoms with Gasteiger partial charge in [0.2, 0.25) is 0 Å². The number of likely N-dealkylation sites (tertiary alicyclic amines) is 1. The smallest absolute Gasteiger partial charge is 0.295 e. The summed E-state index contributed by atoms with van der Waals surface area (Å²) in [5.74, 6) is 0.323. The number of amides is 1. The molecule has 208 valence electrons. The van der Waals surface area contributed by atoms with Gasteiger partial charge in [0, 0.05) is 18.5 Å². The molecule has 0 aliphatic carbocycles. The molecule has 3 aromatic carbocycles. The Morgan fingerprint density at radius 2 is 1.80 bits per heavy atom. The summed E-state index contributed by atoms with van der Waals surface area (Å²) in [7, 11) is 0. The Morgan fingerprint density at radius 1 is 1.00 bits per heavy atom. The number of ether oxygens (including phenoxy) is 3. The zero-order valence-electron chi connectivity index (χ0n) is 23.2. The van der Waals surface area contributed by atoms with Crippen LogP contribution in [0.2, 0.25) is 0 Å². The van der Waals surface area contributed by atoms with Gasteiger partial charge in [-0.1, -0.05) is 49.7 Å². The van der Waals surface area contributed by atoms with Crippen LogP contribution in [0.25, 0.3) is 5.76 Å². The molecule has 7 nitrogen and oxygen atoms in total. The third kappa shape index (κ3) is 5.41. The van der Waals surface area contributed by atoms with E-state index in [1.54, 1.807) is 12.1 Å². The fourth-order valence-electron chi connectivity index (χ4n) is 5.30. The van der Waals surface area contributed by atoms with Crippen LogP contribution < -0.4 is 14.2 Å². The lowest BCUT2D eigenvalue weighted by Crippen LogP contribution is -2.29. The molecular formula is C33H35NO6. The number of hydrogen-bond donors (Lipinski definition) is 1. The Kier molecular flexibility index (Phi) is 8.10. The van der Waals surface area contributed by atoms with Crippen molar-refractivity contribution < 1.29 is 28.9 Å². The summed E-state index contributed by atoms with van der Waals surface area (Å²) in [6.07, 6.45) is 2.66. The number of aliphatic hydroxyl groups is 1. The van der Waals surface area contributed by atoms with Crippen LogP contribution in [0.3, 0.4) is 0 Å². The second kappa shape index (κ2) is 11.9. The summed E-state index contributed by atoms with van der Waals surface area (Å²) < 4.78 is 17.7. The van der Waals surface area contributed by atoms with Crippen LogP contribution >= 0.6 is 0 Å². The van der Waals surface area contributed by atoms with Crippen LogP contribution in [0.5, 0.6) is 17.2 Å². The Morgan fingerprint density at radius 3 is 2.55 bits per heavy atom. The number of Topliss-reactive ketones (excluding diaryl/α,β-unsaturated/α-hetero) is 1. The van der Waals surface area contributed by atoms with Crippen molar-refractivity contribution in [1.82, 2.24) is 4.90 Å². The first-order valence-corrected chi connectivity index (χ1v) is 13.9. The molecule has 1 N–H and O–H groups in total. The fraction of sp³-hybridized carbons (Fsp3) is 0.333. The monoisotopic (exact) mass is 541 g/mol. The Labute approximate surface area is 235 Å². The van der Waals surface area contributed by atoms with Gasteiger partial charge in [-0.05, 0) is 67.3 Å². The fourth-order valence-corrected chi connectivity index (χ4v) is 5.30. The minimum absolute atomic E-state index is 0.0406. The maximum Gasteiger partial charge on any atom is 0.295 e. The van der Waals surface area contributed by atoms with Crippen molar-refractivity contribution in [3.8, 4) is 17.2 Å². The molecule has 0 unspecified atom stereocenters. The molecule has 5 rings (SSSR count). The van der Waals surface area contributed by atoms with Crippen LogP contribution in [0, 0.1) is 0 Å². The molecule has 2 aliphatic heterocycles. The summed E-state index contributed by atoms with van der Waals surface area (Å²) >= 11 is 0. The molecule has 1 amide bonds. The SMILES string of the molecule is CCCCOc1ccc([C@H]2C(=C(O)c3ccc4c(c3)C[C@@H](C)O4)C(=O)C(=O)N2Cc2ccccc2)cc1OCC. The van der Waals surface area contributed by atoms with E-state index in [9.17, 15) is 14.7 Å². The van der Waals surface area contributed by atoms with Crippen molar-refractivity contribution >= 4 is 17.4 Å².